The Bertz CT molecular complexity index is 747. The van der Waals surface area contributed by atoms with Crippen molar-refractivity contribution in [2.45, 2.75) is 37.6 Å². The third-order valence-corrected chi connectivity index (χ3v) is 6.37. The first-order valence-corrected chi connectivity index (χ1v) is 10.9. The van der Waals surface area contributed by atoms with Crippen LogP contribution in [-0.4, -0.2) is 74.1 Å². The molecule has 160 valence electrons. The number of likely N-dealkylation sites (tertiary alicyclic amines) is 1. The van der Waals surface area contributed by atoms with Gasteiger partial charge in [0.25, 0.3) is 0 Å². The first kappa shape index (κ1) is 21.6. The first-order valence-electron chi connectivity index (χ1n) is 9.89. The molecule has 0 saturated carbocycles. The molecule has 0 aliphatic carbocycles. The number of piperidine rings is 1. The zero-order valence-corrected chi connectivity index (χ0v) is 18.4. The molecule has 2 aliphatic rings. The van der Waals surface area contributed by atoms with Gasteiger partial charge in [-0.1, -0.05) is 13.8 Å². The van der Waals surface area contributed by atoms with E-state index in [1.807, 2.05) is 28.0 Å². The smallest absolute Gasteiger partial charge is 0.410 e. The normalized spacial score (nSPS) is 19.7. The topological polar surface area (TPSA) is 68.3 Å². The minimum Gasteiger partial charge on any atom is -0.493 e. The summed E-state index contributed by atoms with van der Waals surface area (Å²) >= 11 is 1.49. The van der Waals surface area contributed by atoms with Crippen LogP contribution in [0.2, 0.25) is 0 Å². The fourth-order valence-corrected chi connectivity index (χ4v) is 4.59. The predicted molar refractivity (Wildman–Crippen MR) is 112 cm³/mol. The lowest BCUT2D eigenvalue weighted by Gasteiger charge is -2.44. The number of carbonyl (C=O) groups is 2. The van der Waals surface area contributed by atoms with Gasteiger partial charge in [-0.05, 0) is 31.0 Å². The molecule has 0 N–H and O–H groups in total. The number of ether oxygens (including phenoxy) is 3. The number of benzene rings is 1. The number of amides is 2. The van der Waals surface area contributed by atoms with Crippen molar-refractivity contribution in [1.29, 1.82) is 0 Å². The summed E-state index contributed by atoms with van der Waals surface area (Å²) in [5.74, 6) is 1.82. The maximum Gasteiger partial charge on any atom is 0.410 e. The van der Waals surface area contributed by atoms with Gasteiger partial charge in [-0.2, -0.15) is 0 Å². The van der Waals surface area contributed by atoms with E-state index < -0.39 is 0 Å². The molecule has 2 amide bonds. The highest BCUT2D eigenvalue weighted by atomic mass is 32.2. The van der Waals surface area contributed by atoms with E-state index in [0.29, 0.717) is 43.5 Å². The largest absolute Gasteiger partial charge is 0.493 e. The summed E-state index contributed by atoms with van der Waals surface area (Å²) < 4.78 is 15.9. The number of methoxy groups -OCH3 is 2. The quantitative estimate of drug-likeness (QED) is 0.656. The third-order valence-electron chi connectivity index (χ3n) is 5.39. The number of hydrogen-bond donors (Lipinski definition) is 0. The van der Waals surface area contributed by atoms with Crippen molar-refractivity contribution in [2.75, 3.05) is 46.2 Å². The van der Waals surface area contributed by atoms with Crippen molar-refractivity contribution >= 4 is 23.8 Å². The fraction of sp³-hybridized carbons (Fsp3) is 0.619. The first-order chi connectivity index (χ1) is 13.8. The Labute approximate surface area is 176 Å². The van der Waals surface area contributed by atoms with Crippen molar-refractivity contribution in [3.63, 3.8) is 0 Å². The van der Waals surface area contributed by atoms with Gasteiger partial charge in [0, 0.05) is 36.0 Å². The predicted octanol–water partition coefficient (Wildman–Crippen LogP) is 3.27. The molecule has 0 unspecified atom stereocenters. The van der Waals surface area contributed by atoms with Crippen LogP contribution in [0.15, 0.2) is 23.1 Å². The second-order valence-electron chi connectivity index (χ2n) is 8.26. The van der Waals surface area contributed by atoms with Crippen molar-refractivity contribution in [1.82, 2.24) is 9.80 Å². The highest BCUT2D eigenvalue weighted by molar-refractivity contribution is 8.00. The van der Waals surface area contributed by atoms with Crippen molar-refractivity contribution in [3.05, 3.63) is 18.2 Å². The molecule has 2 aliphatic heterocycles. The standard InChI is InChI=1S/C21H30N2O5S/c1-21(2)13-23(20(25)28-14-21)15-7-9-22(10-8-15)19(24)12-29-16-5-6-17(26-3)18(11-16)27-4/h5-6,11,15H,7-10,12-14H2,1-4H3. The van der Waals surface area contributed by atoms with E-state index in [9.17, 15) is 9.59 Å². The van der Waals surface area contributed by atoms with Crippen LogP contribution in [-0.2, 0) is 9.53 Å². The fourth-order valence-electron chi connectivity index (χ4n) is 3.76. The van der Waals surface area contributed by atoms with Crippen LogP contribution in [0.3, 0.4) is 0 Å². The Morgan fingerprint density at radius 1 is 1.21 bits per heavy atom. The van der Waals surface area contributed by atoms with Gasteiger partial charge in [0.05, 0.1) is 26.6 Å². The molecule has 2 saturated heterocycles. The molecular formula is C21H30N2O5S. The third kappa shape index (κ3) is 5.29. The summed E-state index contributed by atoms with van der Waals surface area (Å²) in [6, 6.07) is 5.79. The lowest BCUT2D eigenvalue weighted by Crippen LogP contribution is -2.55. The zero-order chi connectivity index (χ0) is 21.0. The second kappa shape index (κ2) is 9.15. The van der Waals surface area contributed by atoms with E-state index in [-0.39, 0.29) is 23.5 Å². The highest BCUT2D eigenvalue weighted by Crippen LogP contribution is 2.32. The van der Waals surface area contributed by atoms with E-state index in [1.54, 1.807) is 14.2 Å². The molecular weight excluding hydrogens is 392 g/mol. The number of nitrogens with zero attached hydrogens (tertiary/aromatic N) is 2. The summed E-state index contributed by atoms with van der Waals surface area (Å²) in [6.07, 6.45) is 1.36. The second-order valence-corrected chi connectivity index (χ2v) is 9.31. The van der Waals surface area contributed by atoms with Gasteiger partial charge >= 0.3 is 6.09 Å². The zero-order valence-electron chi connectivity index (χ0n) is 17.6. The van der Waals surface area contributed by atoms with Crippen LogP contribution in [0.25, 0.3) is 0 Å². The molecule has 0 radical (unpaired) electrons. The summed E-state index contributed by atoms with van der Waals surface area (Å²) in [6.45, 7) is 6.72. The van der Waals surface area contributed by atoms with Gasteiger partial charge in [-0.25, -0.2) is 4.79 Å². The SMILES string of the molecule is COc1ccc(SCC(=O)N2CCC(N3CC(C)(C)COC3=O)CC2)cc1OC. The van der Waals surface area contributed by atoms with E-state index in [2.05, 4.69) is 13.8 Å². The summed E-state index contributed by atoms with van der Waals surface area (Å²) in [5, 5.41) is 0. The Morgan fingerprint density at radius 2 is 1.90 bits per heavy atom. The maximum absolute atomic E-state index is 12.6. The molecule has 3 rings (SSSR count). The molecule has 2 fully saturated rings. The van der Waals surface area contributed by atoms with Gasteiger partial charge < -0.3 is 24.0 Å². The Hall–Kier alpha value is -2.09. The summed E-state index contributed by atoms with van der Waals surface area (Å²) in [5.41, 5.74) is -0.0308. The van der Waals surface area contributed by atoms with Crippen LogP contribution >= 0.6 is 11.8 Å². The Kier molecular flexibility index (Phi) is 6.82. The van der Waals surface area contributed by atoms with Crippen molar-refractivity contribution in [3.8, 4) is 11.5 Å². The summed E-state index contributed by atoms with van der Waals surface area (Å²) in [4.78, 5) is 29.5. The highest BCUT2D eigenvalue weighted by Gasteiger charge is 2.38. The average Bonchev–Trinajstić information content (AvgIpc) is 2.73. The number of cyclic esters (lactones) is 1. The average molecular weight is 423 g/mol. The molecule has 1 aromatic carbocycles. The van der Waals surface area contributed by atoms with Crippen molar-refractivity contribution in [2.24, 2.45) is 5.41 Å². The lowest BCUT2D eigenvalue weighted by atomic mass is 9.91. The van der Waals surface area contributed by atoms with Crippen LogP contribution in [0, 0.1) is 5.41 Å². The van der Waals surface area contributed by atoms with E-state index in [0.717, 1.165) is 17.7 Å². The number of rotatable bonds is 6. The van der Waals surface area contributed by atoms with Gasteiger partial charge in [-0.15, -0.1) is 11.8 Å². The molecule has 0 bridgehead atoms. The number of thioether (sulfide) groups is 1. The minimum absolute atomic E-state index is 0.0308. The molecule has 0 spiro atoms. The van der Waals surface area contributed by atoms with Gasteiger partial charge in [0.2, 0.25) is 5.91 Å². The monoisotopic (exact) mass is 422 g/mol. The van der Waals surface area contributed by atoms with E-state index in [4.69, 9.17) is 14.2 Å². The molecule has 8 heteroatoms. The van der Waals surface area contributed by atoms with E-state index in [1.165, 1.54) is 11.8 Å². The summed E-state index contributed by atoms with van der Waals surface area (Å²) in [7, 11) is 3.20. The minimum atomic E-state index is -0.224. The number of carbonyl (C=O) groups excluding carboxylic acids is 2. The molecule has 0 aromatic heterocycles. The van der Waals surface area contributed by atoms with Crippen LogP contribution in [0.4, 0.5) is 4.79 Å². The van der Waals surface area contributed by atoms with Crippen molar-refractivity contribution < 1.29 is 23.8 Å². The molecule has 29 heavy (non-hydrogen) atoms. The Morgan fingerprint density at radius 3 is 2.55 bits per heavy atom. The van der Waals surface area contributed by atoms with Gasteiger partial charge in [-0.3, -0.25) is 4.79 Å². The van der Waals surface area contributed by atoms with E-state index >= 15 is 0 Å². The van der Waals surface area contributed by atoms with Crippen LogP contribution < -0.4 is 9.47 Å². The Balaban J connectivity index is 1.49. The van der Waals surface area contributed by atoms with Crippen LogP contribution in [0.1, 0.15) is 26.7 Å². The molecule has 7 nitrogen and oxygen atoms in total. The number of hydrogen-bond acceptors (Lipinski definition) is 6. The molecule has 2 heterocycles. The van der Waals surface area contributed by atoms with Gasteiger partial charge in [0.1, 0.15) is 0 Å². The molecule has 0 atom stereocenters. The lowest BCUT2D eigenvalue weighted by molar-refractivity contribution is -0.130. The molecule has 1 aromatic rings. The van der Waals surface area contributed by atoms with Gasteiger partial charge in [0.15, 0.2) is 11.5 Å². The maximum atomic E-state index is 12.6. The van der Waals surface area contributed by atoms with Crippen LogP contribution in [0.5, 0.6) is 11.5 Å².